The first-order chi connectivity index (χ1) is 6.11. The zero-order valence-electron chi connectivity index (χ0n) is 8.05. The average molecular weight is 179 g/mol. The number of fused-ring (bicyclic) bond motifs is 1. The summed E-state index contributed by atoms with van der Waals surface area (Å²) in [6, 6.07) is 5.81. The molecule has 0 aromatic heterocycles. The maximum atomic E-state index is 5.57. The molecule has 1 heterocycles. The molecule has 1 aliphatic rings. The molecule has 0 saturated carbocycles. The van der Waals surface area contributed by atoms with Gasteiger partial charge in [0.25, 0.3) is 0 Å². The topological polar surface area (TPSA) is 30.5 Å². The van der Waals surface area contributed by atoms with E-state index in [0.29, 0.717) is 0 Å². The Morgan fingerprint density at radius 3 is 2.54 bits per heavy atom. The van der Waals surface area contributed by atoms with Crippen molar-refractivity contribution in [3.05, 3.63) is 18.2 Å². The Morgan fingerprint density at radius 2 is 1.85 bits per heavy atom. The van der Waals surface area contributed by atoms with Crippen LogP contribution in [0.5, 0.6) is 11.5 Å². The molecule has 0 saturated heterocycles. The second-order valence-electron chi connectivity index (χ2n) is 3.52. The number of nitrogens with one attached hydrogen (secondary N) is 1. The smallest absolute Gasteiger partial charge is 0.246 e. The highest BCUT2D eigenvalue weighted by Gasteiger charge is 2.31. The summed E-state index contributed by atoms with van der Waals surface area (Å²) in [4.78, 5) is 0. The van der Waals surface area contributed by atoms with E-state index >= 15 is 0 Å². The number of rotatable bonds is 1. The molecular weight excluding hydrogens is 166 g/mol. The molecule has 0 atom stereocenters. The van der Waals surface area contributed by atoms with E-state index in [0.717, 1.165) is 17.2 Å². The van der Waals surface area contributed by atoms with Gasteiger partial charge in [0.2, 0.25) is 5.79 Å². The molecular formula is C10H13NO2. The minimum absolute atomic E-state index is 0.533. The monoisotopic (exact) mass is 179 g/mol. The summed E-state index contributed by atoms with van der Waals surface area (Å²) in [6.45, 7) is 3.79. The van der Waals surface area contributed by atoms with Crippen molar-refractivity contribution in [2.45, 2.75) is 19.6 Å². The molecule has 2 rings (SSSR count). The van der Waals surface area contributed by atoms with E-state index < -0.39 is 5.79 Å². The molecule has 0 unspecified atom stereocenters. The van der Waals surface area contributed by atoms with Gasteiger partial charge in [-0.1, -0.05) is 0 Å². The second-order valence-corrected chi connectivity index (χ2v) is 3.52. The zero-order valence-corrected chi connectivity index (χ0v) is 8.05. The molecule has 0 spiro atoms. The van der Waals surface area contributed by atoms with Gasteiger partial charge in [0.1, 0.15) is 0 Å². The molecule has 1 N–H and O–H groups in total. The van der Waals surface area contributed by atoms with Gasteiger partial charge >= 0.3 is 0 Å². The van der Waals surface area contributed by atoms with Crippen LogP contribution in [-0.4, -0.2) is 12.8 Å². The number of ether oxygens (including phenoxy) is 2. The number of hydrogen-bond acceptors (Lipinski definition) is 3. The summed E-state index contributed by atoms with van der Waals surface area (Å²) in [6.07, 6.45) is 0. The van der Waals surface area contributed by atoms with Gasteiger partial charge in [0, 0.05) is 32.6 Å². The molecule has 3 heteroatoms. The fourth-order valence-electron chi connectivity index (χ4n) is 1.38. The van der Waals surface area contributed by atoms with Crippen molar-refractivity contribution in [1.82, 2.24) is 0 Å². The summed E-state index contributed by atoms with van der Waals surface area (Å²) in [5.74, 6) is 1.08. The van der Waals surface area contributed by atoms with Crippen molar-refractivity contribution < 1.29 is 9.47 Å². The van der Waals surface area contributed by atoms with Crippen LogP contribution >= 0.6 is 0 Å². The quantitative estimate of drug-likeness (QED) is 0.717. The van der Waals surface area contributed by atoms with Crippen LogP contribution in [0.15, 0.2) is 18.2 Å². The third-order valence-electron chi connectivity index (χ3n) is 1.94. The Balaban J connectivity index is 2.36. The van der Waals surface area contributed by atoms with E-state index in [1.807, 2.05) is 39.1 Å². The molecule has 1 aromatic rings. The van der Waals surface area contributed by atoms with Crippen molar-refractivity contribution >= 4 is 5.69 Å². The molecule has 70 valence electrons. The SMILES string of the molecule is CNc1ccc2c(c1)OC(C)(C)O2. The van der Waals surface area contributed by atoms with E-state index in [4.69, 9.17) is 9.47 Å². The lowest BCUT2D eigenvalue weighted by Crippen LogP contribution is -2.29. The third-order valence-corrected chi connectivity index (χ3v) is 1.94. The van der Waals surface area contributed by atoms with Crippen LogP contribution in [0.25, 0.3) is 0 Å². The first-order valence-electron chi connectivity index (χ1n) is 4.30. The van der Waals surface area contributed by atoms with Crippen LogP contribution < -0.4 is 14.8 Å². The highest BCUT2D eigenvalue weighted by molar-refractivity contribution is 5.55. The molecule has 0 amide bonds. The molecule has 0 bridgehead atoms. The van der Waals surface area contributed by atoms with E-state index in [1.165, 1.54) is 0 Å². The first-order valence-corrected chi connectivity index (χ1v) is 4.30. The van der Waals surface area contributed by atoms with Crippen molar-refractivity contribution in [3.63, 3.8) is 0 Å². The second kappa shape index (κ2) is 2.55. The normalized spacial score (nSPS) is 17.2. The van der Waals surface area contributed by atoms with E-state index in [1.54, 1.807) is 0 Å². The fourth-order valence-corrected chi connectivity index (χ4v) is 1.38. The Hall–Kier alpha value is -1.38. The highest BCUT2D eigenvalue weighted by atomic mass is 16.7. The van der Waals surface area contributed by atoms with E-state index in [2.05, 4.69) is 5.32 Å². The molecule has 1 aromatic carbocycles. The molecule has 1 aliphatic heterocycles. The van der Waals surface area contributed by atoms with Crippen LogP contribution in [-0.2, 0) is 0 Å². The van der Waals surface area contributed by atoms with Gasteiger partial charge in [0.05, 0.1) is 0 Å². The predicted molar refractivity (Wildman–Crippen MR) is 51.3 cm³/mol. The molecule has 0 fully saturated rings. The van der Waals surface area contributed by atoms with Gasteiger partial charge in [-0.25, -0.2) is 0 Å². The fraction of sp³-hybridized carbons (Fsp3) is 0.400. The number of hydrogen-bond donors (Lipinski definition) is 1. The van der Waals surface area contributed by atoms with Crippen LogP contribution in [0, 0.1) is 0 Å². The summed E-state index contributed by atoms with van der Waals surface area (Å²) in [7, 11) is 1.88. The van der Waals surface area contributed by atoms with Gasteiger partial charge in [-0.2, -0.15) is 0 Å². The Kier molecular flexibility index (Phi) is 1.62. The summed E-state index contributed by atoms with van der Waals surface area (Å²) in [5.41, 5.74) is 1.03. The zero-order chi connectivity index (χ0) is 9.47. The van der Waals surface area contributed by atoms with Crippen LogP contribution in [0.2, 0.25) is 0 Å². The van der Waals surface area contributed by atoms with Crippen LogP contribution in [0.4, 0.5) is 5.69 Å². The van der Waals surface area contributed by atoms with Crippen molar-refractivity contribution in [2.24, 2.45) is 0 Å². The Morgan fingerprint density at radius 1 is 1.15 bits per heavy atom. The predicted octanol–water partition coefficient (Wildman–Crippen LogP) is 2.24. The largest absolute Gasteiger partial charge is 0.449 e. The minimum Gasteiger partial charge on any atom is -0.449 e. The summed E-state index contributed by atoms with van der Waals surface area (Å²) >= 11 is 0. The third kappa shape index (κ3) is 1.41. The maximum absolute atomic E-state index is 5.57. The lowest BCUT2D eigenvalue weighted by Gasteiger charge is -2.16. The van der Waals surface area contributed by atoms with Crippen molar-refractivity contribution in [3.8, 4) is 11.5 Å². The van der Waals surface area contributed by atoms with Gasteiger partial charge in [-0.05, 0) is 12.1 Å². The number of benzene rings is 1. The lowest BCUT2D eigenvalue weighted by atomic mass is 10.3. The summed E-state index contributed by atoms with van der Waals surface area (Å²) in [5, 5.41) is 3.05. The summed E-state index contributed by atoms with van der Waals surface area (Å²) < 4.78 is 11.1. The standard InChI is InChI=1S/C10H13NO2/c1-10(2)12-8-5-4-7(11-3)6-9(8)13-10/h4-6,11H,1-3H3. The molecule has 13 heavy (non-hydrogen) atoms. The van der Waals surface area contributed by atoms with Gasteiger partial charge in [-0.3, -0.25) is 0 Å². The van der Waals surface area contributed by atoms with Gasteiger partial charge in [-0.15, -0.1) is 0 Å². The van der Waals surface area contributed by atoms with Crippen molar-refractivity contribution in [2.75, 3.05) is 12.4 Å². The highest BCUT2D eigenvalue weighted by Crippen LogP contribution is 2.40. The molecule has 0 radical (unpaired) electrons. The number of anilines is 1. The van der Waals surface area contributed by atoms with Crippen LogP contribution in [0.1, 0.15) is 13.8 Å². The molecule has 0 aliphatic carbocycles. The van der Waals surface area contributed by atoms with E-state index in [9.17, 15) is 0 Å². The molecule has 3 nitrogen and oxygen atoms in total. The van der Waals surface area contributed by atoms with Gasteiger partial charge < -0.3 is 14.8 Å². The lowest BCUT2D eigenvalue weighted by molar-refractivity contribution is -0.0431. The van der Waals surface area contributed by atoms with Crippen LogP contribution in [0.3, 0.4) is 0 Å². The Bertz CT molecular complexity index is 334. The average Bonchev–Trinajstić information content (AvgIpc) is 2.36. The van der Waals surface area contributed by atoms with E-state index in [-0.39, 0.29) is 0 Å². The minimum atomic E-state index is -0.533. The maximum Gasteiger partial charge on any atom is 0.246 e. The first kappa shape index (κ1) is 8.23. The van der Waals surface area contributed by atoms with Gasteiger partial charge in [0.15, 0.2) is 11.5 Å². The Labute approximate surface area is 77.7 Å². The van der Waals surface area contributed by atoms with Crippen molar-refractivity contribution in [1.29, 1.82) is 0 Å².